The van der Waals surface area contributed by atoms with Gasteiger partial charge in [0.25, 0.3) is 0 Å². The van der Waals surface area contributed by atoms with Crippen molar-refractivity contribution >= 4 is 10.0 Å². The molecule has 2 aliphatic rings. The third kappa shape index (κ3) is 4.39. The lowest BCUT2D eigenvalue weighted by Gasteiger charge is -2.33. The first-order valence-corrected chi connectivity index (χ1v) is 9.19. The average molecular weight is 305 g/mol. The lowest BCUT2D eigenvalue weighted by Crippen LogP contribution is -2.47. The highest BCUT2D eigenvalue weighted by molar-refractivity contribution is 7.89. The van der Waals surface area contributed by atoms with Crippen LogP contribution < -0.4 is 5.32 Å². The molecular formula is C13H27N3O3S. The van der Waals surface area contributed by atoms with E-state index < -0.39 is 10.0 Å². The van der Waals surface area contributed by atoms with Gasteiger partial charge in [0.05, 0.1) is 11.9 Å². The Labute approximate surface area is 122 Å². The van der Waals surface area contributed by atoms with Crippen LogP contribution in [0, 0.1) is 5.92 Å². The topological polar surface area (TPSA) is 72.9 Å². The molecule has 2 rings (SSSR count). The van der Waals surface area contributed by atoms with E-state index in [0.29, 0.717) is 19.6 Å². The quantitative estimate of drug-likeness (QED) is 0.704. The second kappa shape index (κ2) is 7.17. The Morgan fingerprint density at radius 2 is 1.80 bits per heavy atom. The summed E-state index contributed by atoms with van der Waals surface area (Å²) in [5.41, 5.74) is 0. The molecule has 1 unspecified atom stereocenters. The molecule has 0 spiro atoms. The van der Waals surface area contributed by atoms with E-state index in [1.807, 2.05) is 0 Å². The zero-order valence-corrected chi connectivity index (χ0v) is 13.1. The number of rotatable bonds is 5. The molecule has 7 heteroatoms. The molecule has 0 aromatic rings. The SMILES string of the molecule is CC(O)C1CCN(S(=O)(=O)CCN2CCNCC2)CC1. The van der Waals surface area contributed by atoms with Gasteiger partial charge in [0, 0.05) is 45.8 Å². The third-order valence-electron chi connectivity index (χ3n) is 4.45. The summed E-state index contributed by atoms with van der Waals surface area (Å²) in [6.45, 7) is 7.28. The number of aliphatic hydroxyl groups excluding tert-OH is 1. The van der Waals surface area contributed by atoms with Gasteiger partial charge in [-0.25, -0.2) is 12.7 Å². The summed E-state index contributed by atoms with van der Waals surface area (Å²) < 4.78 is 26.3. The average Bonchev–Trinajstić information content (AvgIpc) is 2.46. The van der Waals surface area contributed by atoms with Gasteiger partial charge in [-0.3, -0.25) is 4.90 Å². The van der Waals surface area contributed by atoms with Gasteiger partial charge < -0.3 is 10.4 Å². The summed E-state index contributed by atoms with van der Waals surface area (Å²) in [5.74, 6) is 0.460. The Morgan fingerprint density at radius 1 is 1.20 bits per heavy atom. The number of nitrogens with zero attached hydrogens (tertiary/aromatic N) is 2. The maximum atomic E-state index is 12.3. The molecule has 0 aliphatic carbocycles. The van der Waals surface area contributed by atoms with E-state index in [0.717, 1.165) is 39.0 Å². The van der Waals surface area contributed by atoms with E-state index in [1.54, 1.807) is 11.2 Å². The molecule has 2 heterocycles. The number of hydrogen-bond acceptors (Lipinski definition) is 5. The van der Waals surface area contributed by atoms with Gasteiger partial charge in [0.1, 0.15) is 0 Å². The Bertz CT molecular complexity index is 386. The molecule has 0 amide bonds. The zero-order valence-electron chi connectivity index (χ0n) is 12.3. The Balaban J connectivity index is 1.78. The Kier molecular flexibility index (Phi) is 5.80. The molecule has 2 N–H and O–H groups in total. The van der Waals surface area contributed by atoms with Gasteiger partial charge in [-0.05, 0) is 25.7 Å². The summed E-state index contributed by atoms with van der Waals surface area (Å²) >= 11 is 0. The summed E-state index contributed by atoms with van der Waals surface area (Å²) in [6, 6.07) is 0. The van der Waals surface area contributed by atoms with Gasteiger partial charge in [0.2, 0.25) is 10.0 Å². The van der Waals surface area contributed by atoms with Gasteiger partial charge in [-0.15, -0.1) is 0 Å². The number of piperidine rings is 1. The van der Waals surface area contributed by atoms with Crippen molar-refractivity contribution < 1.29 is 13.5 Å². The fraction of sp³-hybridized carbons (Fsp3) is 1.00. The van der Waals surface area contributed by atoms with Crippen molar-refractivity contribution in [3.8, 4) is 0 Å². The molecule has 2 fully saturated rings. The standard InChI is InChI=1S/C13H27N3O3S/c1-12(17)13-2-6-16(7-3-13)20(18,19)11-10-15-8-4-14-5-9-15/h12-14,17H,2-11H2,1H3. The normalized spacial score (nSPS) is 25.7. The van der Waals surface area contributed by atoms with Gasteiger partial charge in [-0.1, -0.05) is 0 Å². The van der Waals surface area contributed by atoms with Crippen molar-refractivity contribution in [3.63, 3.8) is 0 Å². The van der Waals surface area contributed by atoms with E-state index in [2.05, 4.69) is 10.2 Å². The van der Waals surface area contributed by atoms with Crippen molar-refractivity contribution in [1.82, 2.24) is 14.5 Å². The number of aliphatic hydroxyl groups is 1. The summed E-state index contributed by atoms with van der Waals surface area (Å²) in [4.78, 5) is 2.20. The van der Waals surface area contributed by atoms with Gasteiger partial charge >= 0.3 is 0 Å². The minimum atomic E-state index is -3.14. The molecule has 0 aromatic carbocycles. The monoisotopic (exact) mass is 305 g/mol. The van der Waals surface area contributed by atoms with Crippen LogP contribution >= 0.6 is 0 Å². The van der Waals surface area contributed by atoms with Crippen LogP contribution in [0.5, 0.6) is 0 Å². The molecule has 0 aromatic heterocycles. The van der Waals surface area contributed by atoms with Crippen molar-refractivity contribution in [2.75, 3.05) is 51.6 Å². The van der Waals surface area contributed by atoms with Crippen LogP contribution in [0.15, 0.2) is 0 Å². The first-order valence-electron chi connectivity index (χ1n) is 7.58. The molecular weight excluding hydrogens is 278 g/mol. The van der Waals surface area contributed by atoms with Crippen molar-refractivity contribution in [1.29, 1.82) is 0 Å². The second-order valence-electron chi connectivity index (χ2n) is 5.88. The highest BCUT2D eigenvalue weighted by Crippen LogP contribution is 2.22. The van der Waals surface area contributed by atoms with E-state index in [1.165, 1.54) is 0 Å². The van der Waals surface area contributed by atoms with Gasteiger partial charge in [0.15, 0.2) is 0 Å². The third-order valence-corrected chi connectivity index (χ3v) is 6.30. The molecule has 118 valence electrons. The highest BCUT2D eigenvalue weighted by atomic mass is 32.2. The summed E-state index contributed by atoms with van der Waals surface area (Å²) in [7, 11) is -3.14. The van der Waals surface area contributed by atoms with Crippen LogP contribution in [0.25, 0.3) is 0 Å². The highest BCUT2D eigenvalue weighted by Gasteiger charge is 2.29. The fourth-order valence-corrected chi connectivity index (χ4v) is 4.46. The van der Waals surface area contributed by atoms with E-state index in [4.69, 9.17) is 0 Å². The van der Waals surface area contributed by atoms with Crippen LogP contribution in [0.4, 0.5) is 0 Å². The van der Waals surface area contributed by atoms with Crippen LogP contribution in [0.2, 0.25) is 0 Å². The smallest absolute Gasteiger partial charge is 0.215 e. The van der Waals surface area contributed by atoms with Crippen LogP contribution in [0.1, 0.15) is 19.8 Å². The van der Waals surface area contributed by atoms with Crippen LogP contribution in [-0.2, 0) is 10.0 Å². The lowest BCUT2D eigenvalue weighted by atomic mass is 9.93. The molecule has 6 nitrogen and oxygen atoms in total. The van der Waals surface area contributed by atoms with E-state index in [-0.39, 0.29) is 17.8 Å². The van der Waals surface area contributed by atoms with E-state index in [9.17, 15) is 13.5 Å². The molecule has 20 heavy (non-hydrogen) atoms. The van der Waals surface area contributed by atoms with Crippen molar-refractivity contribution in [2.45, 2.75) is 25.9 Å². The number of nitrogens with one attached hydrogen (secondary N) is 1. The maximum absolute atomic E-state index is 12.3. The lowest BCUT2D eigenvalue weighted by molar-refractivity contribution is 0.0911. The maximum Gasteiger partial charge on any atom is 0.215 e. The Hall–Kier alpha value is -0.210. The number of piperazine rings is 1. The predicted octanol–water partition coefficient (Wildman–Crippen LogP) is -0.686. The summed E-state index contributed by atoms with van der Waals surface area (Å²) in [6.07, 6.45) is 1.20. The number of sulfonamides is 1. The second-order valence-corrected chi connectivity index (χ2v) is 7.97. The largest absolute Gasteiger partial charge is 0.393 e. The van der Waals surface area contributed by atoms with Crippen LogP contribution in [0.3, 0.4) is 0 Å². The molecule has 0 saturated carbocycles. The predicted molar refractivity (Wildman–Crippen MR) is 79.1 cm³/mol. The summed E-state index contributed by atoms with van der Waals surface area (Å²) in [5, 5.41) is 12.8. The first-order chi connectivity index (χ1) is 9.49. The van der Waals surface area contributed by atoms with E-state index >= 15 is 0 Å². The van der Waals surface area contributed by atoms with Gasteiger partial charge in [-0.2, -0.15) is 0 Å². The van der Waals surface area contributed by atoms with Crippen molar-refractivity contribution in [2.24, 2.45) is 5.92 Å². The molecule has 1 atom stereocenters. The first kappa shape index (κ1) is 16.2. The fourth-order valence-electron chi connectivity index (χ4n) is 2.94. The minimum absolute atomic E-state index is 0.215. The zero-order chi connectivity index (χ0) is 14.6. The van der Waals surface area contributed by atoms with Crippen LogP contribution in [-0.4, -0.2) is 80.4 Å². The number of hydrogen-bond donors (Lipinski definition) is 2. The molecule has 2 aliphatic heterocycles. The molecule has 0 radical (unpaired) electrons. The van der Waals surface area contributed by atoms with Crippen molar-refractivity contribution in [3.05, 3.63) is 0 Å². The molecule has 2 saturated heterocycles. The minimum Gasteiger partial charge on any atom is -0.393 e. The Morgan fingerprint density at radius 3 is 2.35 bits per heavy atom. The molecule has 0 bridgehead atoms.